The van der Waals surface area contributed by atoms with Crippen molar-refractivity contribution < 1.29 is 24.0 Å². The molecule has 0 bridgehead atoms. The van der Waals surface area contributed by atoms with E-state index in [1.165, 1.54) is 25.1 Å². The molecule has 158 valence electrons. The summed E-state index contributed by atoms with van der Waals surface area (Å²) >= 11 is 0. The molecule has 0 heterocycles. The van der Waals surface area contributed by atoms with Crippen LogP contribution in [0.15, 0.2) is 66.7 Å². The third kappa shape index (κ3) is 5.45. The number of esters is 1. The van der Waals surface area contributed by atoms with Gasteiger partial charge in [0.15, 0.2) is 12.4 Å². The van der Waals surface area contributed by atoms with Gasteiger partial charge < -0.3 is 14.8 Å². The van der Waals surface area contributed by atoms with Gasteiger partial charge in [-0.3, -0.25) is 14.9 Å². The van der Waals surface area contributed by atoms with Crippen LogP contribution in [0.1, 0.15) is 21.5 Å². The monoisotopic (exact) mass is 420 g/mol. The molecule has 3 aromatic rings. The number of nitrogens with zero attached hydrogens (tertiary/aromatic N) is 1. The molecule has 8 nitrogen and oxygen atoms in total. The van der Waals surface area contributed by atoms with Crippen LogP contribution in [0.25, 0.3) is 0 Å². The normalized spacial score (nSPS) is 10.3. The number of ether oxygens (including phenoxy) is 2. The van der Waals surface area contributed by atoms with Gasteiger partial charge in [0, 0.05) is 11.6 Å². The summed E-state index contributed by atoms with van der Waals surface area (Å²) in [5.74, 6) is -0.350. The molecule has 8 heteroatoms. The number of amides is 1. The summed E-state index contributed by atoms with van der Waals surface area (Å²) in [6, 6.07) is 18.4. The van der Waals surface area contributed by atoms with Crippen molar-refractivity contribution in [1.29, 1.82) is 0 Å². The number of hydrogen-bond acceptors (Lipinski definition) is 6. The highest BCUT2D eigenvalue weighted by atomic mass is 16.6. The number of rotatable bonds is 7. The second-order valence-corrected chi connectivity index (χ2v) is 6.74. The van der Waals surface area contributed by atoms with E-state index >= 15 is 0 Å². The fourth-order valence-electron chi connectivity index (χ4n) is 2.83. The summed E-state index contributed by atoms with van der Waals surface area (Å²) in [7, 11) is 0. The van der Waals surface area contributed by atoms with E-state index in [-0.39, 0.29) is 16.8 Å². The number of nitro groups is 1. The molecule has 0 aliphatic heterocycles. The van der Waals surface area contributed by atoms with Crippen LogP contribution in [0.2, 0.25) is 0 Å². The Balaban J connectivity index is 1.64. The zero-order chi connectivity index (χ0) is 22.4. The highest BCUT2D eigenvalue weighted by Gasteiger charge is 2.20. The van der Waals surface area contributed by atoms with Gasteiger partial charge in [-0.05, 0) is 44.2 Å². The number of nitro benzene ring substituents is 1. The molecule has 0 saturated heterocycles. The lowest BCUT2D eigenvalue weighted by Gasteiger charge is -2.13. The van der Waals surface area contributed by atoms with E-state index in [9.17, 15) is 19.7 Å². The lowest BCUT2D eigenvalue weighted by Crippen LogP contribution is -2.21. The number of carbonyl (C=O) groups excluding carboxylic acids is 2. The molecule has 0 radical (unpaired) electrons. The van der Waals surface area contributed by atoms with Gasteiger partial charge in [-0.2, -0.15) is 0 Å². The molecule has 31 heavy (non-hydrogen) atoms. The summed E-state index contributed by atoms with van der Waals surface area (Å²) in [4.78, 5) is 35.0. The molecule has 0 saturated carbocycles. The first-order chi connectivity index (χ1) is 14.8. The lowest BCUT2D eigenvalue weighted by molar-refractivity contribution is -0.385. The van der Waals surface area contributed by atoms with Crippen LogP contribution in [-0.2, 0) is 9.53 Å². The third-order valence-electron chi connectivity index (χ3n) is 4.47. The Bertz CT molecular complexity index is 1130. The minimum atomic E-state index is -0.819. The SMILES string of the molecule is Cc1ccc(Oc2ccccc2NC(=O)COC(=O)c2cccc([N+](=O)[O-])c2C)cc1. The van der Waals surface area contributed by atoms with Gasteiger partial charge in [0.05, 0.1) is 16.2 Å². The lowest BCUT2D eigenvalue weighted by atomic mass is 10.1. The Morgan fingerprint density at radius 3 is 2.39 bits per heavy atom. The number of benzene rings is 3. The Morgan fingerprint density at radius 1 is 0.968 bits per heavy atom. The van der Waals surface area contributed by atoms with E-state index < -0.39 is 23.4 Å². The Hall–Kier alpha value is -4.20. The molecule has 0 unspecified atom stereocenters. The van der Waals surface area contributed by atoms with Crippen molar-refractivity contribution in [2.75, 3.05) is 11.9 Å². The number of nitrogens with one attached hydrogen (secondary N) is 1. The van der Waals surface area contributed by atoms with Crippen molar-refractivity contribution >= 4 is 23.3 Å². The minimum Gasteiger partial charge on any atom is -0.455 e. The van der Waals surface area contributed by atoms with Crippen molar-refractivity contribution in [3.8, 4) is 11.5 Å². The highest BCUT2D eigenvalue weighted by molar-refractivity contribution is 5.97. The first kappa shape index (κ1) is 21.5. The summed E-state index contributed by atoms with van der Waals surface area (Å²) in [5, 5.41) is 13.7. The van der Waals surface area contributed by atoms with Gasteiger partial charge in [0.2, 0.25) is 0 Å². The van der Waals surface area contributed by atoms with Gasteiger partial charge in [0.25, 0.3) is 11.6 Å². The summed E-state index contributed by atoms with van der Waals surface area (Å²) in [5.41, 5.74) is 1.52. The Kier molecular flexibility index (Phi) is 6.61. The largest absolute Gasteiger partial charge is 0.455 e. The van der Waals surface area contributed by atoms with Crippen LogP contribution in [-0.4, -0.2) is 23.4 Å². The molecule has 1 amide bonds. The maximum atomic E-state index is 12.3. The molecule has 1 N–H and O–H groups in total. The fourth-order valence-corrected chi connectivity index (χ4v) is 2.83. The quantitative estimate of drug-likeness (QED) is 0.334. The van der Waals surface area contributed by atoms with E-state index in [1.54, 1.807) is 24.3 Å². The van der Waals surface area contributed by atoms with E-state index in [2.05, 4.69) is 5.32 Å². The van der Waals surface area contributed by atoms with Gasteiger partial charge >= 0.3 is 5.97 Å². The molecule has 3 aromatic carbocycles. The van der Waals surface area contributed by atoms with Gasteiger partial charge in [-0.25, -0.2) is 4.79 Å². The van der Waals surface area contributed by atoms with Crippen molar-refractivity contribution in [3.63, 3.8) is 0 Å². The maximum Gasteiger partial charge on any atom is 0.339 e. The Morgan fingerprint density at radius 2 is 1.68 bits per heavy atom. The smallest absolute Gasteiger partial charge is 0.339 e. The van der Waals surface area contributed by atoms with Crippen molar-refractivity contribution in [2.45, 2.75) is 13.8 Å². The molecule has 0 aliphatic carbocycles. The first-order valence-electron chi connectivity index (χ1n) is 9.39. The van der Waals surface area contributed by atoms with Crippen LogP contribution < -0.4 is 10.1 Å². The molecule has 0 spiro atoms. The third-order valence-corrected chi connectivity index (χ3v) is 4.47. The minimum absolute atomic E-state index is 0.0325. The second kappa shape index (κ2) is 9.53. The number of carbonyl (C=O) groups is 2. The number of hydrogen-bond donors (Lipinski definition) is 1. The number of para-hydroxylation sites is 2. The average molecular weight is 420 g/mol. The van der Waals surface area contributed by atoms with Gasteiger partial charge in [-0.1, -0.05) is 35.9 Å². The van der Waals surface area contributed by atoms with Crippen LogP contribution in [0.5, 0.6) is 11.5 Å². The molecule has 0 aromatic heterocycles. The van der Waals surface area contributed by atoms with Crippen LogP contribution in [0.3, 0.4) is 0 Å². The standard InChI is InChI=1S/C23H20N2O6/c1-15-10-12-17(13-11-15)31-21-9-4-3-7-19(21)24-22(26)14-30-23(27)18-6-5-8-20(16(18)2)25(28)29/h3-13H,14H2,1-2H3,(H,24,26). The number of anilines is 1. The Labute approximate surface area is 178 Å². The van der Waals surface area contributed by atoms with Crippen molar-refractivity contribution in [3.05, 3.63) is 93.5 Å². The van der Waals surface area contributed by atoms with Gasteiger partial charge in [0.1, 0.15) is 5.75 Å². The van der Waals surface area contributed by atoms with Crippen molar-refractivity contribution in [1.82, 2.24) is 0 Å². The van der Waals surface area contributed by atoms with E-state index in [4.69, 9.17) is 9.47 Å². The molecule has 0 fully saturated rings. The zero-order valence-corrected chi connectivity index (χ0v) is 17.0. The molecule has 0 atom stereocenters. The maximum absolute atomic E-state index is 12.3. The average Bonchev–Trinajstić information content (AvgIpc) is 2.75. The van der Waals surface area contributed by atoms with E-state index in [1.807, 2.05) is 31.2 Å². The molecular weight excluding hydrogens is 400 g/mol. The van der Waals surface area contributed by atoms with E-state index in [0.717, 1.165) is 5.56 Å². The fraction of sp³-hybridized carbons (Fsp3) is 0.130. The highest BCUT2D eigenvalue weighted by Crippen LogP contribution is 2.29. The summed E-state index contributed by atoms with van der Waals surface area (Å²) < 4.78 is 10.9. The van der Waals surface area contributed by atoms with E-state index in [0.29, 0.717) is 17.2 Å². The molecule has 0 aliphatic rings. The first-order valence-corrected chi connectivity index (χ1v) is 9.39. The summed E-state index contributed by atoms with van der Waals surface area (Å²) in [6.45, 7) is 2.86. The topological polar surface area (TPSA) is 108 Å². The van der Waals surface area contributed by atoms with Crippen LogP contribution in [0.4, 0.5) is 11.4 Å². The van der Waals surface area contributed by atoms with Crippen molar-refractivity contribution in [2.24, 2.45) is 0 Å². The predicted octanol–water partition coefficient (Wildman–Crippen LogP) is 4.80. The molecular formula is C23H20N2O6. The van der Waals surface area contributed by atoms with Gasteiger partial charge in [-0.15, -0.1) is 0 Å². The summed E-state index contributed by atoms with van der Waals surface area (Å²) in [6.07, 6.45) is 0. The second-order valence-electron chi connectivity index (χ2n) is 6.74. The number of aryl methyl sites for hydroxylation is 1. The molecule has 3 rings (SSSR count). The predicted molar refractivity (Wildman–Crippen MR) is 114 cm³/mol. The van der Waals surface area contributed by atoms with Crippen LogP contribution >= 0.6 is 0 Å². The van der Waals surface area contributed by atoms with Crippen LogP contribution in [0, 0.1) is 24.0 Å². The zero-order valence-electron chi connectivity index (χ0n) is 17.0.